The maximum Gasteiger partial charge on any atom is 0.126 e. The third-order valence-corrected chi connectivity index (χ3v) is 5.25. The highest BCUT2D eigenvalue weighted by Gasteiger charge is 2.28. The van der Waals surface area contributed by atoms with Gasteiger partial charge < -0.3 is 15.2 Å². The molecule has 0 aliphatic carbocycles. The smallest absolute Gasteiger partial charge is 0.126 e. The van der Waals surface area contributed by atoms with Crippen molar-refractivity contribution >= 4 is 0 Å². The van der Waals surface area contributed by atoms with Gasteiger partial charge in [0.25, 0.3) is 0 Å². The molecule has 2 aromatic rings. The highest BCUT2D eigenvalue weighted by Crippen LogP contribution is 2.32. The average molecular weight is 325 g/mol. The standard InChI is InChI=1S/C19H27N5/c1-15-12-18(19-21-8-11-24(15)19)22-13-16-2-4-17(5-3-16)14-23-9-6-20-7-10-23/h2-5,8,11,15,18,20,22H,6-7,9-10,12-14H2,1H3. The summed E-state index contributed by atoms with van der Waals surface area (Å²) in [6, 6.07) is 9.98. The molecule has 4 rings (SSSR count). The quantitative estimate of drug-likeness (QED) is 0.883. The molecule has 5 nitrogen and oxygen atoms in total. The number of fused-ring (bicyclic) bond motifs is 1. The first-order chi connectivity index (χ1) is 11.8. The van der Waals surface area contributed by atoms with Gasteiger partial charge >= 0.3 is 0 Å². The van der Waals surface area contributed by atoms with Gasteiger partial charge in [0.05, 0.1) is 6.04 Å². The fraction of sp³-hybridized carbons (Fsp3) is 0.526. The summed E-state index contributed by atoms with van der Waals surface area (Å²) in [6.07, 6.45) is 5.13. The molecule has 2 atom stereocenters. The molecule has 1 aromatic carbocycles. The third-order valence-electron chi connectivity index (χ3n) is 5.25. The second-order valence-corrected chi connectivity index (χ2v) is 7.05. The van der Waals surface area contributed by atoms with E-state index in [0.717, 1.165) is 45.7 Å². The largest absolute Gasteiger partial charge is 0.331 e. The molecule has 2 unspecified atom stereocenters. The van der Waals surface area contributed by atoms with Crippen molar-refractivity contribution in [3.8, 4) is 0 Å². The molecule has 2 aliphatic heterocycles. The van der Waals surface area contributed by atoms with Gasteiger partial charge in [0, 0.05) is 57.7 Å². The van der Waals surface area contributed by atoms with Gasteiger partial charge in [-0.1, -0.05) is 24.3 Å². The van der Waals surface area contributed by atoms with Crippen molar-refractivity contribution in [3.05, 3.63) is 53.6 Å². The number of benzene rings is 1. The van der Waals surface area contributed by atoms with Crippen molar-refractivity contribution in [1.82, 2.24) is 25.1 Å². The van der Waals surface area contributed by atoms with Crippen molar-refractivity contribution in [2.24, 2.45) is 0 Å². The van der Waals surface area contributed by atoms with Gasteiger partial charge in [-0.15, -0.1) is 0 Å². The van der Waals surface area contributed by atoms with Crippen LogP contribution in [0.4, 0.5) is 0 Å². The Hall–Kier alpha value is -1.69. The molecule has 0 saturated carbocycles. The molecule has 2 N–H and O–H groups in total. The average Bonchev–Trinajstić information content (AvgIpc) is 3.20. The molecule has 0 radical (unpaired) electrons. The van der Waals surface area contributed by atoms with Crippen LogP contribution in [0.1, 0.15) is 42.4 Å². The minimum atomic E-state index is 0.371. The number of aromatic nitrogens is 2. The molecule has 1 fully saturated rings. The van der Waals surface area contributed by atoms with Crippen LogP contribution >= 0.6 is 0 Å². The fourth-order valence-corrected chi connectivity index (χ4v) is 3.83. The zero-order valence-electron chi connectivity index (χ0n) is 14.4. The molecule has 3 heterocycles. The summed E-state index contributed by atoms with van der Waals surface area (Å²) in [4.78, 5) is 7.03. The highest BCUT2D eigenvalue weighted by molar-refractivity contribution is 5.23. The van der Waals surface area contributed by atoms with Crippen LogP contribution in [0.25, 0.3) is 0 Å². The Bertz CT molecular complexity index is 657. The molecule has 2 aliphatic rings. The second kappa shape index (κ2) is 7.05. The Labute approximate surface area is 144 Å². The number of hydrogen-bond donors (Lipinski definition) is 2. The van der Waals surface area contributed by atoms with E-state index >= 15 is 0 Å². The first kappa shape index (κ1) is 15.8. The number of hydrogen-bond acceptors (Lipinski definition) is 4. The lowest BCUT2D eigenvalue weighted by atomic mass is 10.1. The third kappa shape index (κ3) is 3.38. The second-order valence-electron chi connectivity index (χ2n) is 7.05. The minimum absolute atomic E-state index is 0.371. The van der Waals surface area contributed by atoms with Crippen molar-refractivity contribution in [3.63, 3.8) is 0 Å². The van der Waals surface area contributed by atoms with Crippen molar-refractivity contribution in [1.29, 1.82) is 0 Å². The highest BCUT2D eigenvalue weighted by atomic mass is 15.2. The zero-order chi connectivity index (χ0) is 16.4. The van der Waals surface area contributed by atoms with E-state index < -0.39 is 0 Å². The van der Waals surface area contributed by atoms with Crippen LogP contribution in [0.15, 0.2) is 36.7 Å². The summed E-state index contributed by atoms with van der Waals surface area (Å²) < 4.78 is 2.29. The maximum atomic E-state index is 4.51. The van der Waals surface area contributed by atoms with E-state index in [1.165, 1.54) is 17.0 Å². The van der Waals surface area contributed by atoms with Crippen LogP contribution in [0.2, 0.25) is 0 Å². The Balaban J connectivity index is 1.31. The van der Waals surface area contributed by atoms with Gasteiger partial charge in [0.1, 0.15) is 5.82 Å². The van der Waals surface area contributed by atoms with Crippen LogP contribution in [0.5, 0.6) is 0 Å². The van der Waals surface area contributed by atoms with E-state index in [-0.39, 0.29) is 0 Å². The van der Waals surface area contributed by atoms with Gasteiger partial charge in [0.15, 0.2) is 0 Å². The monoisotopic (exact) mass is 325 g/mol. The number of rotatable bonds is 5. The van der Waals surface area contributed by atoms with Crippen LogP contribution < -0.4 is 10.6 Å². The summed E-state index contributed by atoms with van der Waals surface area (Å²) in [6.45, 7) is 8.74. The molecular formula is C19H27N5. The molecular weight excluding hydrogens is 298 g/mol. The van der Waals surface area contributed by atoms with E-state index in [0.29, 0.717) is 12.1 Å². The summed E-state index contributed by atoms with van der Waals surface area (Å²) in [5, 5.41) is 7.07. The Morgan fingerprint density at radius 3 is 2.71 bits per heavy atom. The Morgan fingerprint density at radius 2 is 1.92 bits per heavy atom. The lowest BCUT2D eigenvalue weighted by Gasteiger charge is -2.27. The van der Waals surface area contributed by atoms with Crippen LogP contribution in [-0.4, -0.2) is 40.6 Å². The first-order valence-corrected chi connectivity index (χ1v) is 9.06. The minimum Gasteiger partial charge on any atom is -0.331 e. The number of imidazole rings is 1. The predicted octanol–water partition coefficient (Wildman–Crippen LogP) is 2.08. The van der Waals surface area contributed by atoms with E-state index in [9.17, 15) is 0 Å². The molecule has 0 bridgehead atoms. The SMILES string of the molecule is CC1CC(NCc2ccc(CN3CCNCC3)cc2)c2nccn21. The molecule has 0 amide bonds. The van der Waals surface area contributed by atoms with Crippen LogP contribution in [0.3, 0.4) is 0 Å². The molecule has 1 aromatic heterocycles. The fourth-order valence-electron chi connectivity index (χ4n) is 3.83. The normalized spacial score (nSPS) is 24.2. The van der Waals surface area contributed by atoms with E-state index in [1.807, 2.05) is 6.20 Å². The van der Waals surface area contributed by atoms with Gasteiger partial charge in [-0.3, -0.25) is 4.90 Å². The molecule has 24 heavy (non-hydrogen) atoms. The lowest BCUT2D eigenvalue weighted by molar-refractivity contribution is 0.233. The van der Waals surface area contributed by atoms with Crippen LogP contribution in [-0.2, 0) is 13.1 Å². The summed E-state index contributed by atoms with van der Waals surface area (Å²) in [5.74, 6) is 1.18. The van der Waals surface area contributed by atoms with Crippen molar-refractivity contribution < 1.29 is 0 Å². The molecule has 0 spiro atoms. The molecule has 128 valence electrons. The number of nitrogens with zero attached hydrogens (tertiary/aromatic N) is 3. The summed E-state index contributed by atoms with van der Waals surface area (Å²) in [5.41, 5.74) is 2.75. The number of piperazine rings is 1. The van der Waals surface area contributed by atoms with E-state index in [1.54, 1.807) is 0 Å². The van der Waals surface area contributed by atoms with Crippen molar-refractivity contribution in [2.75, 3.05) is 26.2 Å². The zero-order valence-corrected chi connectivity index (χ0v) is 14.4. The number of nitrogens with one attached hydrogen (secondary N) is 2. The van der Waals surface area contributed by atoms with E-state index in [4.69, 9.17) is 0 Å². The summed E-state index contributed by atoms with van der Waals surface area (Å²) in [7, 11) is 0. The van der Waals surface area contributed by atoms with Gasteiger partial charge in [-0.2, -0.15) is 0 Å². The Kier molecular flexibility index (Phi) is 4.65. The van der Waals surface area contributed by atoms with Gasteiger partial charge in [-0.05, 0) is 24.5 Å². The maximum absolute atomic E-state index is 4.51. The first-order valence-electron chi connectivity index (χ1n) is 9.06. The molecule has 5 heteroatoms. The van der Waals surface area contributed by atoms with Crippen molar-refractivity contribution in [2.45, 2.75) is 38.5 Å². The lowest BCUT2D eigenvalue weighted by Crippen LogP contribution is -2.42. The van der Waals surface area contributed by atoms with Crippen LogP contribution in [0, 0.1) is 0 Å². The summed E-state index contributed by atoms with van der Waals surface area (Å²) >= 11 is 0. The Morgan fingerprint density at radius 1 is 1.17 bits per heavy atom. The van der Waals surface area contributed by atoms with E-state index in [2.05, 4.69) is 62.5 Å². The van der Waals surface area contributed by atoms with Gasteiger partial charge in [-0.25, -0.2) is 4.98 Å². The topological polar surface area (TPSA) is 45.1 Å². The van der Waals surface area contributed by atoms with Gasteiger partial charge in [0.2, 0.25) is 0 Å². The predicted molar refractivity (Wildman–Crippen MR) is 95.7 cm³/mol. The molecule has 1 saturated heterocycles.